The Labute approximate surface area is 380 Å². The Morgan fingerprint density at radius 3 is 2.45 bits per heavy atom. The van der Waals surface area contributed by atoms with Crippen molar-refractivity contribution in [1.82, 2.24) is 10.2 Å². The number of nitro benzene ring substituents is 1. The summed E-state index contributed by atoms with van der Waals surface area (Å²) in [7, 11) is 0. The lowest BCUT2D eigenvalue weighted by Gasteiger charge is -2.59. The Hall–Kier alpha value is -6.03. The molecule has 6 unspecified atom stereocenters. The fourth-order valence-electron chi connectivity index (χ4n) is 9.45. The van der Waals surface area contributed by atoms with Gasteiger partial charge >= 0.3 is 12.2 Å². The van der Waals surface area contributed by atoms with Crippen LogP contribution in [0.2, 0.25) is 0 Å². The Morgan fingerprint density at radius 1 is 1.00 bits per heavy atom. The summed E-state index contributed by atoms with van der Waals surface area (Å²) < 4.78 is 26.0. The molecule has 0 saturated heterocycles. The predicted molar refractivity (Wildman–Crippen MR) is 245 cm³/mol. The van der Waals surface area contributed by atoms with Crippen LogP contribution in [0.1, 0.15) is 87.3 Å². The second-order valence-electron chi connectivity index (χ2n) is 16.6. The number of nitrogens with zero attached hydrogens (tertiary/aromatic N) is 3. The maximum atomic E-state index is 14.3. The van der Waals surface area contributed by atoms with Gasteiger partial charge in [-0.3, -0.25) is 15.0 Å². The molecule has 0 radical (unpaired) electrons. The standard InChI is InChI=1S/C50H62N4O11/c1-4-7-29-61-49(58)53(25-5-2)45-32-43(52-63-34-36-19-21-38(22-20-36)54(59)60)41-30-37(17-11-13-26-55)40(18-12-14-27-56)46-42-31-39(64-48(57)51-33-35-15-9-8-10-16-35)23-24-44(42)65-50(45,47(41)46)62-28-6-3/h4,6,8-10,15-16,19-24,30-31,37,40,45-47,55-56H,1,3,5,7,11-14,17-18,25-29,32-34H2,2H3,(H,51,57). The molecule has 3 aromatic carbocycles. The number of hydrogen-bond donors (Lipinski definition) is 3. The largest absolute Gasteiger partial charge is 0.459 e. The van der Waals surface area contributed by atoms with Gasteiger partial charge in [-0.25, -0.2) is 9.59 Å². The monoisotopic (exact) mass is 894 g/mol. The summed E-state index contributed by atoms with van der Waals surface area (Å²) in [6.45, 7) is 10.6. The van der Waals surface area contributed by atoms with Crippen molar-refractivity contribution in [2.75, 3.05) is 33.0 Å². The van der Waals surface area contributed by atoms with E-state index in [2.05, 4.69) is 24.6 Å². The summed E-state index contributed by atoms with van der Waals surface area (Å²) in [6.07, 6.45) is 9.72. The first kappa shape index (κ1) is 48.4. The van der Waals surface area contributed by atoms with Crippen LogP contribution in [-0.4, -0.2) is 82.7 Å². The van der Waals surface area contributed by atoms with Crippen molar-refractivity contribution < 1.29 is 48.5 Å². The van der Waals surface area contributed by atoms with Crippen LogP contribution < -0.4 is 14.8 Å². The van der Waals surface area contributed by atoms with Crippen LogP contribution >= 0.6 is 0 Å². The molecule has 0 bridgehead atoms. The highest BCUT2D eigenvalue weighted by atomic mass is 16.7. The number of carbonyl (C=O) groups is 2. The third kappa shape index (κ3) is 11.8. The van der Waals surface area contributed by atoms with Crippen LogP contribution in [0.15, 0.2) is 115 Å². The highest BCUT2D eigenvalue weighted by Gasteiger charge is 2.65. The average Bonchev–Trinajstić information content (AvgIpc) is 3.31. The second kappa shape index (κ2) is 23.8. The van der Waals surface area contributed by atoms with Crippen LogP contribution in [0, 0.1) is 27.9 Å². The number of ether oxygens (including phenoxy) is 4. The van der Waals surface area contributed by atoms with E-state index in [1.807, 2.05) is 43.3 Å². The molecule has 348 valence electrons. The van der Waals surface area contributed by atoms with Crippen LogP contribution in [0.25, 0.3) is 0 Å². The van der Waals surface area contributed by atoms with Crippen molar-refractivity contribution in [3.63, 3.8) is 0 Å². The normalized spacial score (nSPS) is 22.3. The van der Waals surface area contributed by atoms with E-state index < -0.39 is 34.9 Å². The fourth-order valence-corrected chi connectivity index (χ4v) is 9.45. The summed E-state index contributed by atoms with van der Waals surface area (Å²) in [4.78, 5) is 46.2. The zero-order valence-corrected chi connectivity index (χ0v) is 37.2. The van der Waals surface area contributed by atoms with Gasteiger partial charge in [-0.15, -0.1) is 13.2 Å². The molecule has 0 aromatic heterocycles. The van der Waals surface area contributed by atoms with Crippen molar-refractivity contribution in [1.29, 1.82) is 0 Å². The van der Waals surface area contributed by atoms with E-state index >= 15 is 0 Å². The third-order valence-electron chi connectivity index (χ3n) is 12.3. The van der Waals surface area contributed by atoms with Gasteiger partial charge < -0.3 is 39.3 Å². The number of aliphatic hydroxyl groups is 2. The number of non-ortho nitro benzene ring substituents is 1. The summed E-state index contributed by atoms with van der Waals surface area (Å²) in [6, 6.07) is 20.1. The van der Waals surface area contributed by atoms with Crippen molar-refractivity contribution >= 4 is 23.6 Å². The number of aliphatic hydroxyl groups excluding tert-OH is 2. The SMILES string of the molecule is C=CCCOC(=O)N(CCC)C1CC(=NOCc2ccc([N+](=O)[O-])cc2)C2=CC(CCCCO)C(CCCCO)C3c4cc(OC(=O)NCc5ccccc5)ccc4OC1(OCC=C)C23. The first-order valence-corrected chi connectivity index (χ1v) is 22.7. The minimum atomic E-state index is -1.51. The molecule has 0 spiro atoms. The topological polar surface area (TPSA) is 192 Å². The molecule has 65 heavy (non-hydrogen) atoms. The van der Waals surface area contributed by atoms with E-state index in [1.54, 1.807) is 41.3 Å². The third-order valence-corrected chi connectivity index (χ3v) is 12.3. The quantitative estimate of drug-likeness (QED) is 0.0336. The van der Waals surface area contributed by atoms with Crippen LogP contribution in [-0.2, 0) is 27.5 Å². The van der Waals surface area contributed by atoms with Gasteiger partial charge in [0.2, 0.25) is 5.79 Å². The van der Waals surface area contributed by atoms with Gasteiger partial charge in [0.25, 0.3) is 5.69 Å². The van der Waals surface area contributed by atoms with Crippen molar-refractivity contribution in [2.45, 2.75) is 95.6 Å². The molecule has 6 atom stereocenters. The van der Waals surface area contributed by atoms with Gasteiger partial charge in [-0.05, 0) is 97.4 Å². The number of unbranched alkanes of at least 4 members (excludes halogenated alkanes) is 2. The Morgan fingerprint density at radius 2 is 1.75 bits per heavy atom. The van der Waals surface area contributed by atoms with Gasteiger partial charge in [0.05, 0.1) is 29.8 Å². The van der Waals surface area contributed by atoms with E-state index in [9.17, 15) is 29.9 Å². The van der Waals surface area contributed by atoms with Crippen LogP contribution in [0.5, 0.6) is 11.5 Å². The van der Waals surface area contributed by atoms with E-state index in [-0.39, 0.29) is 69.4 Å². The molecule has 1 heterocycles. The number of carbonyl (C=O) groups excluding carboxylic acids is 2. The average molecular weight is 895 g/mol. The first-order valence-electron chi connectivity index (χ1n) is 22.7. The Bertz CT molecular complexity index is 2150. The number of allylic oxidation sites excluding steroid dienone is 1. The minimum Gasteiger partial charge on any atom is -0.459 e. The van der Waals surface area contributed by atoms with E-state index in [0.29, 0.717) is 61.4 Å². The highest BCUT2D eigenvalue weighted by molar-refractivity contribution is 6.03. The molecule has 15 nitrogen and oxygen atoms in total. The lowest BCUT2D eigenvalue weighted by Crippen LogP contribution is -2.70. The maximum Gasteiger partial charge on any atom is 0.412 e. The maximum absolute atomic E-state index is 14.3. The Balaban J connectivity index is 1.51. The van der Waals surface area contributed by atoms with Crippen LogP contribution in [0.4, 0.5) is 15.3 Å². The zero-order chi connectivity index (χ0) is 46.2. The number of hydrogen-bond acceptors (Lipinski definition) is 12. The lowest BCUT2D eigenvalue weighted by molar-refractivity contribution is -0.384. The molecular weight excluding hydrogens is 833 g/mol. The number of rotatable bonds is 24. The summed E-state index contributed by atoms with van der Waals surface area (Å²) in [5.74, 6) is -1.76. The van der Waals surface area contributed by atoms with Crippen molar-refractivity contribution in [3.8, 4) is 11.5 Å². The number of benzene rings is 3. The van der Waals surface area contributed by atoms with Crippen LogP contribution in [0.3, 0.4) is 0 Å². The lowest BCUT2D eigenvalue weighted by atomic mass is 9.55. The van der Waals surface area contributed by atoms with E-state index in [1.165, 1.54) is 12.1 Å². The number of nitro groups is 1. The molecule has 15 heteroatoms. The predicted octanol–water partition coefficient (Wildman–Crippen LogP) is 9.14. The first-order chi connectivity index (χ1) is 31.7. The number of oxime groups is 1. The smallest absolute Gasteiger partial charge is 0.412 e. The summed E-state index contributed by atoms with van der Waals surface area (Å²) >= 11 is 0. The molecule has 1 saturated carbocycles. The zero-order valence-electron chi connectivity index (χ0n) is 37.2. The minimum absolute atomic E-state index is 0.0179. The van der Waals surface area contributed by atoms with Gasteiger partial charge in [0.15, 0.2) is 0 Å². The second-order valence-corrected chi connectivity index (χ2v) is 16.6. The number of amides is 2. The Kier molecular flexibility index (Phi) is 17.7. The number of fused-ring (bicyclic) bond motifs is 2. The highest BCUT2D eigenvalue weighted by Crippen LogP contribution is 2.62. The molecule has 3 N–H and O–H groups in total. The molecule has 6 rings (SSSR count). The molecule has 2 amide bonds. The van der Waals surface area contributed by atoms with Crippen molar-refractivity contribution in [3.05, 3.63) is 137 Å². The fraction of sp³-hybridized carbons (Fsp3) is 0.460. The van der Waals surface area contributed by atoms with E-state index in [4.69, 9.17) is 28.9 Å². The molecule has 1 aliphatic heterocycles. The molecular formula is C50H62N4O11. The van der Waals surface area contributed by atoms with Gasteiger partial charge in [-0.2, -0.15) is 0 Å². The number of nitrogens with one attached hydrogen (secondary N) is 1. The molecule has 1 fully saturated rings. The molecule has 3 aliphatic rings. The van der Waals surface area contributed by atoms with Gasteiger partial charge in [0, 0.05) is 56.3 Å². The van der Waals surface area contributed by atoms with Crippen molar-refractivity contribution in [2.24, 2.45) is 22.9 Å². The summed E-state index contributed by atoms with van der Waals surface area (Å²) in [5.41, 5.74) is 3.73. The molecule has 2 aliphatic carbocycles. The summed E-state index contributed by atoms with van der Waals surface area (Å²) in [5, 5.41) is 38.9. The van der Waals surface area contributed by atoms with E-state index in [0.717, 1.165) is 36.0 Å². The van der Waals surface area contributed by atoms with Gasteiger partial charge in [-0.1, -0.05) is 73.5 Å². The van der Waals surface area contributed by atoms with Gasteiger partial charge in [0.1, 0.15) is 24.1 Å². The molecule has 3 aromatic rings.